The number of carbonyl (C=O) groups is 2. The number of benzene rings is 2. The van der Waals surface area contributed by atoms with Gasteiger partial charge in [-0.3, -0.25) is 14.7 Å². The fourth-order valence-electron chi connectivity index (χ4n) is 5.73. The lowest BCUT2D eigenvalue weighted by molar-refractivity contribution is -0.119. The molecule has 1 unspecified atom stereocenters. The molecule has 2 aliphatic heterocycles. The fourth-order valence-corrected chi connectivity index (χ4v) is 5.73. The topological polar surface area (TPSA) is 86.3 Å². The lowest BCUT2D eigenvalue weighted by Crippen LogP contribution is -2.47. The Morgan fingerprint density at radius 3 is 2.58 bits per heavy atom. The van der Waals surface area contributed by atoms with Crippen molar-refractivity contribution in [1.29, 1.82) is 0 Å². The van der Waals surface area contributed by atoms with E-state index in [0.717, 1.165) is 87.5 Å². The van der Waals surface area contributed by atoms with Gasteiger partial charge in [0.05, 0.1) is 24.6 Å². The number of urea groups is 1. The summed E-state index contributed by atoms with van der Waals surface area (Å²) in [7, 11) is 1.76. The molecule has 0 aromatic heterocycles. The molecule has 0 radical (unpaired) electrons. The Balaban J connectivity index is 1.30. The molecule has 1 saturated heterocycles. The van der Waals surface area contributed by atoms with Gasteiger partial charge in [-0.05, 0) is 43.0 Å². The third-order valence-electron chi connectivity index (χ3n) is 7.89. The van der Waals surface area contributed by atoms with E-state index in [-0.39, 0.29) is 11.8 Å². The SMILES string of the molecule is CN1C(=O)C(NC(=O)Nc2cccc(CCN3CCOCC3)c2)N=C(C2CCCCCC2)c2ccccc21. The first kappa shape index (κ1) is 26.4. The van der Waals surface area contributed by atoms with Crippen molar-refractivity contribution in [3.05, 3.63) is 59.7 Å². The van der Waals surface area contributed by atoms with Gasteiger partial charge in [0.15, 0.2) is 0 Å². The zero-order valence-electron chi connectivity index (χ0n) is 22.3. The van der Waals surface area contributed by atoms with Crippen LogP contribution in [0.4, 0.5) is 16.2 Å². The maximum Gasteiger partial charge on any atom is 0.321 e. The zero-order chi connectivity index (χ0) is 26.3. The Labute approximate surface area is 225 Å². The highest BCUT2D eigenvalue weighted by Crippen LogP contribution is 2.32. The number of rotatable bonds is 6. The van der Waals surface area contributed by atoms with Crippen LogP contribution in [0.2, 0.25) is 0 Å². The molecule has 2 N–H and O–H groups in total. The number of ether oxygens (including phenoxy) is 1. The molecule has 3 aliphatic rings. The summed E-state index contributed by atoms with van der Waals surface area (Å²) < 4.78 is 5.43. The number of amides is 3. The first-order chi connectivity index (χ1) is 18.6. The van der Waals surface area contributed by atoms with E-state index in [9.17, 15) is 9.59 Å². The number of fused-ring (bicyclic) bond motifs is 1. The van der Waals surface area contributed by atoms with Crippen molar-refractivity contribution in [3.63, 3.8) is 0 Å². The minimum absolute atomic E-state index is 0.240. The summed E-state index contributed by atoms with van der Waals surface area (Å²) in [5.41, 5.74) is 4.64. The molecular weight excluding hydrogens is 478 g/mol. The molecule has 1 saturated carbocycles. The number of nitrogens with one attached hydrogen (secondary N) is 2. The van der Waals surface area contributed by atoms with Gasteiger partial charge in [0.25, 0.3) is 5.91 Å². The van der Waals surface area contributed by atoms with E-state index in [2.05, 4.69) is 21.6 Å². The smallest absolute Gasteiger partial charge is 0.321 e. The van der Waals surface area contributed by atoms with Gasteiger partial charge in [-0.1, -0.05) is 56.0 Å². The second-order valence-electron chi connectivity index (χ2n) is 10.5. The molecular formula is C30H39N5O3. The number of para-hydroxylation sites is 1. The summed E-state index contributed by atoms with van der Waals surface area (Å²) >= 11 is 0. The van der Waals surface area contributed by atoms with Crippen molar-refractivity contribution >= 4 is 29.0 Å². The monoisotopic (exact) mass is 517 g/mol. The van der Waals surface area contributed by atoms with Crippen LogP contribution < -0.4 is 15.5 Å². The molecule has 0 bridgehead atoms. The summed E-state index contributed by atoms with van der Waals surface area (Å²) in [6, 6.07) is 15.4. The third-order valence-corrected chi connectivity index (χ3v) is 7.89. The first-order valence-corrected chi connectivity index (χ1v) is 14.0. The third kappa shape index (κ3) is 6.42. The molecule has 5 rings (SSSR count). The Morgan fingerprint density at radius 1 is 1.03 bits per heavy atom. The Hall–Kier alpha value is -3.23. The number of hydrogen-bond acceptors (Lipinski definition) is 5. The van der Waals surface area contributed by atoms with Crippen LogP contribution in [0, 0.1) is 5.92 Å². The highest BCUT2D eigenvalue weighted by Gasteiger charge is 2.33. The molecule has 38 heavy (non-hydrogen) atoms. The Morgan fingerprint density at radius 2 is 1.79 bits per heavy atom. The minimum atomic E-state index is -0.977. The van der Waals surface area contributed by atoms with Gasteiger partial charge in [0.1, 0.15) is 0 Å². The van der Waals surface area contributed by atoms with Crippen LogP contribution in [0.25, 0.3) is 0 Å². The van der Waals surface area contributed by atoms with Gasteiger partial charge < -0.3 is 20.3 Å². The quantitative estimate of drug-likeness (QED) is 0.555. The number of anilines is 2. The normalized spacial score (nSPS) is 21.2. The van der Waals surface area contributed by atoms with Gasteiger partial charge in [-0.15, -0.1) is 0 Å². The average molecular weight is 518 g/mol. The summed E-state index contributed by atoms with van der Waals surface area (Å²) in [6.07, 6.45) is 6.83. The molecule has 2 fully saturated rings. The second kappa shape index (κ2) is 12.5. The molecule has 2 aromatic carbocycles. The number of benzodiazepines with no additional fused rings is 1. The summed E-state index contributed by atoms with van der Waals surface area (Å²) in [4.78, 5) is 35.5. The summed E-state index contributed by atoms with van der Waals surface area (Å²) in [6.45, 7) is 4.44. The predicted octanol–water partition coefficient (Wildman–Crippen LogP) is 4.45. The summed E-state index contributed by atoms with van der Waals surface area (Å²) in [5.74, 6) is 0.0453. The van der Waals surface area contributed by atoms with E-state index in [0.29, 0.717) is 5.69 Å². The van der Waals surface area contributed by atoms with E-state index in [1.165, 1.54) is 12.8 Å². The molecule has 8 heteroatoms. The highest BCUT2D eigenvalue weighted by atomic mass is 16.5. The molecule has 0 spiro atoms. The van der Waals surface area contributed by atoms with Crippen LogP contribution in [0.15, 0.2) is 53.5 Å². The van der Waals surface area contributed by atoms with E-state index in [1.807, 2.05) is 42.5 Å². The number of morpholine rings is 1. The van der Waals surface area contributed by atoms with Crippen molar-refractivity contribution in [1.82, 2.24) is 10.2 Å². The van der Waals surface area contributed by atoms with Gasteiger partial charge in [0, 0.05) is 43.9 Å². The van der Waals surface area contributed by atoms with Crippen LogP contribution in [-0.4, -0.2) is 68.6 Å². The molecule has 1 atom stereocenters. The maximum atomic E-state index is 13.4. The fraction of sp³-hybridized carbons (Fsp3) is 0.500. The van der Waals surface area contributed by atoms with Crippen molar-refractivity contribution < 1.29 is 14.3 Å². The van der Waals surface area contributed by atoms with Gasteiger partial charge in [-0.2, -0.15) is 0 Å². The lowest BCUT2D eigenvalue weighted by atomic mass is 9.89. The number of carbonyl (C=O) groups excluding carboxylic acids is 2. The van der Waals surface area contributed by atoms with Crippen LogP contribution in [0.5, 0.6) is 0 Å². The lowest BCUT2D eigenvalue weighted by Gasteiger charge is -2.26. The van der Waals surface area contributed by atoms with Gasteiger partial charge in [-0.25, -0.2) is 4.79 Å². The van der Waals surface area contributed by atoms with E-state index in [1.54, 1.807) is 11.9 Å². The molecule has 1 aliphatic carbocycles. The number of hydrogen-bond donors (Lipinski definition) is 2. The minimum Gasteiger partial charge on any atom is -0.379 e. The van der Waals surface area contributed by atoms with E-state index >= 15 is 0 Å². The van der Waals surface area contributed by atoms with Gasteiger partial charge in [0.2, 0.25) is 6.17 Å². The summed E-state index contributed by atoms with van der Waals surface area (Å²) in [5, 5.41) is 5.78. The standard InChI is InChI=1S/C30H39N5O3/c1-34-26-14-7-6-13-25(26)27(23-10-4-2-3-5-11-23)32-28(29(34)36)33-30(37)31-24-12-8-9-22(21-24)15-16-35-17-19-38-20-18-35/h6-9,12-14,21,23,28H,2-5,10-11,15-20H2,1H3,(H2,31,33,37). The number of aliphatic imine (C=N–C) groups is 1. The second-order valence-corrected chi connectivity index (χ2v) is 10.5. The first-order valence-electron chi connectivity index (χ1n) is 14.0. The Kier molecular flexibility index (Phi) is 8.71. The molecule has 202 valence electrons. The molecule has 3 amide bonds. The van der Waals surface area contributed by atoms with Crippen LogP contribution in [0.1, 0.15) is 49.7 Å². The van der Waals surface area contributed by atoms with E-state index < -0.39 is 12.2 Å². The van der Waals surface area contributed by atoms with Crippen molar-refractivity contribution in [3.8, 4) is 0 Å². The average Bonchev–Trinajstić information content (AvgIpc) is 3.28. The highest BCUT2D eigenvalue weighted by molar-refractivity contribution is 6.14. The van der Waals surface area contributed by atoms with Crippen LogP contribution in [-0.2, 0) is 16.0 Å². The number of likely N-dealkylation sites (N-methyl/N-ethyl adjacent to an activating group) is 1. The van der Waals surface area contributed by atoms with Crippen molar-refractivity contribution in [2.45, 2.75) is 51.1 Å². The largest absolute Gasteiger partial charge is 0.379 e. The van der Waals surface area contributed by atoms with E-state index in [4.69, 9.17) is 9.73 Å². The zero-order valence-corrected chi connectivity index (χ0v) is 22.3. The van der Waals surface area contributed by atoms with Crippen molar-refractivity contribution in [2.75, 3.05) is 50.1 Å². The Bertz CT molecular complexity index is 1150. The predicted molar refractivity (Wildman–Crippen MR) is 151 cm³/mol. The molecule has 2 heterocycles. The molecule has 2 aromatic rings. The maximum absolute atomic E-state index is 13.4. The molecule has 8 nitrogen and oxygen atoms in total. The van der Waals surface area contributed by atoms with Gasteiger partial charge >= 0.3 is 6.03 Å². The van der Waals surface area contributed by atoms with Crippen LogP contribution >= 0.6 is 0 Å². The number of nitrogens with zero attached hydrogens (tertiary/aromatic N) is 3. The van der Waals surface area contributed by atoms with Crippen molar-refractivity contribution in [2.24, 2.45) is 10.9 Å². The van der Waals surface area contributed by atoms with Crippen LogP contribution in [0.3, 0.4) is 0 Å².